The molecule has 0 saturated heterocycles. The quantitative estimate of drug-likeness (QED) is 0.765. The first-order valence-corrected chi connectivity index (χ1v) is 5.85. The maximum absolute atomic E-state index is 11.8. The third-order valence-corrected chi connectivity index (χ3v) is 2.62. The highest BCUT2D eigenvalue weighted by Crippen LogP contribution is 2.21. The van der Waals surface area contributed by atoms with Crippen LogP contribution in [-0.2, 0) is 4.79 Å². The number of amides is 1. The largest absolute Gasteiger partial charge is 0.507 e. The van der Waals surface area contributed by atoms with Crippen molar-refractivity contribution in [2.45, 2.75) is 25.8 Å². The average molecular weight is 272 g/mol. The van der Waals surface area contributed by atoms with Gasteiger partial charge in [0.1, 0.15) is 11.8 Å². The van der Waals surface area contributed by atoms with Gasteiger partial charge in [-0.15, -0.1) is 0 Å². The molecule has 0 fully saturated rings. The van der Waals surface area contributed by atoms with E-state index in [4.69, 9.17) is 16.7 Å². The van der Waals surface area contributed by atoms with Crippen molar-refractivity contribution in [3.8, 4) is 5.75 Å². The Bertz CT molecular complexity index is 461. The summed E-state index contributed by atoms with van der Waals surface area (Å²) in [7, 11) is 0. The highest BCUT2D eigenvalue weighted by atomic mass is 35.5. The van der Waals surface area contributed by atoms with Gasteiger partial charge in [-0.05, 0) is 24.6 Å². The Balaban J connectivity index is 2.86. The molecule has 1 atom stereocenters. The molecule has 0 aliphatic heterocycles. The topological polar surface area (TPSA) is 86.6 Å². The van der Waals surface area contributed by atoms with E-state index in [9.17, 15) is 14.7 Å². The highest BCUT2D eigenvalue weighted by molar-refractivity contribution is 6.31. The van der Waals surface area contributed by atoms with E-state index in [0.717, 1.165) is 0 Å². The summed E-state index contributed by atoms with van der Waals surface area (Å²) in [6, 6.07) is 3.04. The van der Waals surface area contributed by atoms with Gasteiger partial charge in [0.15, 0.2) is 0 Å². The number of rotatable bonds is 5. The van der Waals surface area contributed by atoms with Gasteiger partial charge in [0.2, 0.25) is 0 Å². The fourth-order valence-electron chi connectivity index (χ4n) is 1.47. The Morgan fingerprint density at radius 3 is 2.67 bits per heavy atom. The van der Waals surface area contributed by atoms with Crippen LogP contribution >= 0.6 is 11.6 Å². The van der Waals surface area contributed by atoms with Crippen molar-refractivity contribution in [3.63, 3.8) is 0 Å². The summed E-state index contributed by atoms with van der Waals surface area (Å²) in [6.07, 6.45) is 0.946. The van der Waals surface area contributed by atoms with E-state index in [-0.39, 0.29) is 11.3 Å². The number of nitrogens with one attached hydrogen (secondary N) is 1. The molecular formula is C12H14ClNO4. The van der Waals surface area contributed by atoms with Crippen molar-refractivity contribution in [2.24, 2.45) is 0 Å². The molecule has 0 heterocycles. The average Bonchev–Trinajstić information content (AvgIpc) is 2.31. The van der Waals surface area contributed by atoms with Gasteiger partial charge < -0.3 is 15.5 Å². The van der Waals surface area contributed by atoms with Crippen molar-refractivity contribution < 1.29 is 19.8 Å². The number of aromatic hydroxyl groups is 1. The lowest BCUT2D eigenvalue weighted by atomic mass is 10.1. The van der Waals surface area contributed by atoms with Gasteiger partial charge in [-0.2, -0.15) is 0 Å². The van der Waals surface area contributed by atoms with E-state index in [0.29, 0.717) is 17.9 Å². The molecule has 6 heteroatoms. The molecule has 1 aromatic carbocycles. The first-order valence-electron chi connectivity index (χ1n) is 5.48. The minimum atomic E-state index is -1.10. The maximum Gasteiger partial charge on any atom is 0.326 e. The molecule has 18 heavy (non-hydrogen) atoms. The van der Waals surface area contributed by atoms with E-state index in [2.05, 4.69) is 5.32 Å². The molecule has 0 aliphatic carbocycles. The number of carboxylic acids is 1. The zero-order valence-corrected chi connectivity index (χ0v) is 10.6. The van der Waals surface area contributed by atoms with Crippen molar-refractivity contribution in [1.29, 1.82) is 0 Å². The molecule has 0 unspecified atom stereocenters. The number of hydrogen-bond donors (Lipinski definition) is 3. The molecule has 0 saturated carbocycles. The number of carbonyl (C=O) groups is 2. The Morgan fingerprint density at radius 2 is 2.11 bits per heavy atom. The number of phenols is 1. The number of carboxylic acid groups (broad SMARTS) is 1. The molecule has 5 nitrogen and oxygen atoms in total. The van der Waals surface area contributed by atoms with E-state index < -0.39 is 17.9 Å². The third kappa shape index (κ3) is 3.63. The number of hydrogen-bond acceptors (Lipinski definition) is 3. The van der Waals surface area contributed by atoms with Crippen LogP contribution in [0.3, 0.4) is 0 Å². The molecule has 0 bridgehead atoms. The van der Waals surface area contributed by atoms with Crippen LogP contribution in [0.5, 0.6) is 5.75 Å². The zero-order valence-electron chi connectivity index (χ0n) is 9.81. The summed E-state index contributed by atoms with van der Waals surface area (Å²) in [5.41, 5.74) is -0.0372. The fraction of sp³-hybridized carbons (Fsp3) is 0.333. The van der Waals surface area contributed by atoms with Gasteiger partial charge >= 0.3 is 5.97 Å². The Hall–Kier alpha value is -1.75. The number of benzene rings is 1. The van der Waals surface area contributed by atoms with Gasteiger partial charge in [-0.25, -0.2) is 4.79 Å². The summed E-state index contributed by atoms with van der Waals surface area (Å²) < 4.78 is 0. The van der Waals surface area contributed by atoms with Gasteiger partial charge in [-0.1, -0.05) is 24.9 Å². The SMILES string of the molecule is CCC[C@H](NC(=O)c1cc(Cl)ccc1O)C(=O)O. The number of aliphatic carboxylic acids is 1. The predicted octanol–water partition coefficient (Wildman–Crippen LogP) is 2.03. The molecule has 0 aromatic heterocycles. The Kier molecular flexibility index (Phi) is 4.97. The molecule has 0 aliphatic rings. The van der Waals surface area contributed by atoms with Gasteiger partial charge in [0.05, 0.1) is 5.56 Å². The Morgan fingerprint density at radius 1 is 1.44 bits per heavy atom. The second kappa shape index (κ2) is 6.26. The van der Waals surface area contributed by atoms with E-state index >= 15 is 0 Å². The third-order valence-electron chi connectivity index (χ3n) is 2.38. The molecule has 0 radical (unpaired) electrons. The molecule has 1 aromatic rings. The van der Waals surface area contributed by atoms with E-state index in [1.807, 2.05) is 6.92 Å². The first-order chi connectivity index (χ1) is 8.45. The van der Waals surface area contributed by atoms with Crippen molar-refractivity contribution in [2.75, 3.05) is 0 Å². The van der Waals surface area contributed by atoms with Crippen LogP contribution in [0.4, 0.5) is 0 Å². The molecule has 3 N–H and O–H groups in total. The van der Waals surface area contributed by atoms with Crippen LogP contribution in [0.1, 0.15) is 30.1 Å². The highest BCUT2D eigenvalue weighted by Gasteiger charge is 2.21. The van der Waals surface area contributed by atoms with Crippen LogP contribution in [0.2, 0.25) is 5.02 Å². The van der Waals surface area contributed by atoms with Crippen molar-refractivity contribution in [3.05, 3.63) is 28.8 Å². The van der Waals surface area contributed by atoms with Gasteiger partial charge in [-0.3, -0.25) is 4.79 Å². The van der Waals surface area contributed by atoms with Crippen LogP contribution in [0, 0.1) is 0 Å². The summed E-state index contributed by atoms with van der Waals surface area (Å²) in [4.78, 5) is 22.7. The molecule has 1 amide bonds. The second-order valence-corrected chi connectivity index (χ2v) is 4.25. The number of halogens is 1. The minimum Gasteiger partial charge on any atom is -0.507 e. The zero-order chi connectivity index (χ0) is 13.7. The van der Waals surface area contributed by atoms with Crippen molar-refractivity contribution >= 4 is 23.5 Å². The Labute approximate surface area is 109 Å². The number of phenolic OH excluding ortho intramolecular Hbond substituents is 1. The predicted molar refractivity (Wildman–Crippen MR) is 66.9 cm³/mol. The normalized spacial score (nSPS) is 11.9. The fourth-order valence-corrected chi connectivity index (χ4v) is 1.64. The number of carbonyl (C=O) groups excluding carboxylic acids is 1. The second-order valence-electron chi connectivity index (χ2n) is 3.81. The summed E-state index contributed by atoms with van der Waals surface area (Å²) in [6.45, 7) is 1.82. The summed E-state index contributed by atoms with van der Waals surface area (Å²) >= 11 is 5.71. The smallest absolute Gasteiger partial charge is 0.326 e. The lowest BCUT2D eigenvalue weighted by molar-refractivity contribution is -0.139. The van der Waals surface area contributed by atoms with Crippen LogP contribution < -0.4 is 5.32 Å². The van der Waals surface area contributed by atoms with Crippen molar-refractivity contribution in [1.82, 2.24) is 5.32 Å². The van der Waals surface area contributed by atoms with Gasteiger partial charge in [0.25, 0.3) is 5.91 Å². The molecular weight excluding hydrogens is 258 g/mol. The molecule has 0 spiro atoms. The summed E-state index contributed by atoms with van der Waals surface area (Å²) in [5.74, 6) is -2.00. The molecule has 1 rings (SSSR count). The molecule has 98 valence electrons. The van der Waals surface area contributed by atoms with Gasteiger partial charge in [0, 0.05) is 5.02 Å². The van der Waals surface area contributed by atoms with Crippen LogP contribution in [-0.4, -0.2) is 28.1 Å². The minimum absolute atomic E-state index is 0.0372. The standard InChI is InChI=1S/C12H14ClNO4/c1-2-3-9(12(17)18)14-11(16)8-6-7(13)4-5-10(8)15/h4-6,9,15H,2-3H2,1H3,(H,14,16)(H,17,18)/t9-/m0/s1. The summed E-state index contributed by atoms with van der Waals surface area (Å²) in [5, 5.41) is 21.1. The van der Waals surface area contributed by atoms with E-state index in [1.165, 1.54) is 18.2 Å². The monoisotopic (exact) mass is 271 g/mol. The van der Waals surface area contributed by atoms with Crippen LogP contribution in [0.25, 0.3) is 0 Å². The lowest BCUT2D eigenvalue weighted by Gasteiger charge is -2.14. The van der Waals surface area contributed by atoms with E-state index in [1.54, 1.807) is 0 Å². The first kappa shape index (κ1) is 14.3. The lowest BCUT2D eigenvalue weighted by Crippen LogP contribution is -2.40. The van der Waals surface area contributed by atoms with Crippen LogP contribution in [0.15, 0.2) is 18.2 Å². The maximum atomic E-state index is 11.8.